The molecule has 106 valence electrons. The smallest absolute Gasteiger partial charge is 0.129 e. The van der Waals surface area contributed by atoms with Crippen LogP contribution in [0.1, 0.15) is 44.9 Å². The molecule has 1 aliphatic heterocycles. The molecule has 0 aromatic carbocycles. The molecule has 2 heterocycles. The molecule has 1 fully saturated rings. The van der Waals surface area contributed by atoms with Crippen molar-refractivity contribution in [3.63, 3.8) is 0 Å². The highest BCUT2D eigenvalue weighted by Crippen LogP contribution is 2.27. The second-order valence-electron chi connectivity index (χ2n) is 5.88. The number of rotatable bonds is 4. The number of pyridine rings is 1. The van der Waals surface area contributed by atoms with Crippen molar-refractivity contribution >= 4 is 17.4 Å². The van der Waals surface area contributed by atoms with Crippen LogP contribution in [0.5, 0.6) is 0 Å². The average Bonchev–Trinajstić information content (AvgIpc) is 2.46. The number of nitrogens with zero attached hydrogens (tertiary/aromatic N) is 2. The van der Waals surface area contributed by atoms with E-state index in [0.717, 1.165) is 42.9 Å². The summed E-state index contributed by atoms with van der Waals surface area (Å²) in [5, 5.41) is 0. The van der Waals surface area contributed by atoms with Gasteiger partial charge in [0, 0.05) is 24.7 Å². The van der Waals surface area contributed by atoms with Crippen LogP contribution in [0.25, 0.3) is 0 Å². The Kier molecular flexibility index (Phi) is 5.09. The molecular formula is C16H25ClN2. The van der Waals surface area contributed by atoms with E-state index in [1.54, 1.807) is 0 Å². The van der Waals surface area contributed by atoms with E-state index in [1.165, 1.54) is 18.4 Å². The van der Waals surface area contributed by atoms with Crippen molar-refractivity contribution < 1.29 is 0 Å². The van der Waals surface area contributed by atoms with Crippen LogP contribution in [0.15, 0.2) is 12.1 Å². The summed E-state index contributed by atoms with van der Waals surface area (Å²) < 4.78 is 0. The first-order chi connectivity index (χ1) is 9.13. The highest BCUT2D eigenvalue weighted by atomic mass is 35.5. The van der Waals surface area contributed by atoms with E-state index in [4.69, 9.17) is 16.6 Å². The molecule has 1 saturated heterocycles. The fraction of sp³-hybridized carbons (Fsp3) is 0.688. The van der Waals surface area contributed by atoms with Gasteiger partial charge in [-0.05, 0) is 48.8 Å². The molecule has 2 nitrogen and oxygen atoms in total. The van der Waals surface area contributed by atoms with Crippen molar-refractivity contribution in [2.45, 2.75) is 45.9 Å². The van der Waals surface area contributed by atoms with Crippen LogP contribution >= 0.6 is 11.6 Å². The van der Waals surface area contributed by atoms with Gasteiger partial charge in [-0.2, -0.15) is 0 Å². The monoisotopic (exact) mass is 280 g/mol. The number of halogens is 1. The summed E-state index contributed by atoms with van der Waals surface area (Å²) in [6, 6.07) is 4.28. The predicted molar refractivity (Wildman–Crippen MR) is 82.9 cm³/mol. The minimum Gasteiger partial charge on any atom is -0.357 e. The number of aromatic nitrogens is 1. The van der Waals surface area contributed by atoms with Crippen molar-refractivity contribution in [1.29, 1.82) is 0 Å². The lowest BCUT2D eigenvalue weighted by molar-refractivity contribution is 0.310. The molecule has 0 N–H and O–H groups in total. The molecule has 0 bridgehead atoms. The number of anilines is 1. The predicted octanol–water partition coefficient (Wildman–Crippen LogP) is 4.26. The van der Waals surface area contributed by atoms with E-state index in [-0.39, 0.29) is 0 Å². The van der Waals surface area contributed by atoms with Gasteiger partial charge in [0.05, 0.1) is 0 Å². The van der Waals surface area contributed by atoms with Gasteiger partial charge in [0.25, 0.3) is 0 Å². The summed E-state index contributed by atoms with van der Waals surface area (Å²) in [6.07, 6.45) is 3.54. The zero-order valence-corrected chi connectivity index (χ0v) is 13.1. The van der Waals surface area contributed by atoms with Gasteiger partial charge in [-0.3, -0.25) is 0 Å². The minimum atomic E-state index is 0.574. The topological polar surface area (TPSA) is 16.1 Å². The van der Waals surface area contributed by atoms with Crippen LogP contribution in [-0.2, 0) is 12.3 Å². The fourth-order valence-electron chi connectivity index (χ4n) is 2.85. The Labute approximate surface area is 122 Å². The van der Waals surface area contributed by atoms with Crippen LogP contribution in [0.2, 0.25) is 0 Å². The first kappa shape index (κ1) is 14.6. The van der Waals surface area contributed by atoms with Crippen molar-refractivity contribution in [3.8, 4) is 0 Å². The van der Waals surface area contributed by atoms with Crippen LogP contribution < -0.4 is 4.90 Å². The number of alkyl halides is 1. The van der Waals surface area contributed by atoms with E-state index in [2.05, 4.69) is 37.8 Å². The van der Waals surface area contributed by atoms with Gasteiger partial charge in [-0.1, -0.05) is 20.8 Å². The summed E-state index contributed by atoms with van der Waals surface area (Å²) in [7, 11) is 0. The molecule has 19 heavy (non-hydrogen) atoms. The molecule has 1 aliphatic rings. The maximum atomic E-state index is 5.99. The molecule has 0 atom stereocenters. The van der Waals surface area contributed by atoms with Gasteiger partial charge in [0.1, 0.15) is 5.82 Å². The van der Waals surface area contributed by atoms with Gasteiger partial charge in [-0.15, -0.1) is 11.6 Å². The van der Waals surface area contributed by atoms with Crippen LogP contribution in [0, 0.1) is 11.8 Å². The molecule has 3 heteroatoms. The summed E-state index contributed by atoms with van der Waals surface area (Å²) in [5.41, 5.74) is 2.34. The standard InChI is InChI=1S/C16H25ClN2/c1-4-15-9-13(11-17)10-16(18-15)19-7-5-14(6-8-19)12(2)3/h9-10,12,14H,4-8,11H2,1-3H3. The molecule has 0 unspecified atom stereocenters. The molecule has 0 aliphatic carbocycles. The maximum absolute atomic E-state index is 5.99. The molecular weight excluding hydrogens is 256 g/mol. The second kappa shape index (κ2) is 6.60. The van der Waals surface area contributed by atoms with Crippen LogP contribution in [-0.4, -0.2) is 18.1 Å². The second-order valence-corrected chi connectivity index (χ2v) is 6.15. The van der Waals surface area contributed by atoms with Gasteiger partial charge >= 0.3 is 0 Å². The summed E-state index contributed by atoms with van der Waals surface area (Å²) >= 11 is 5.99. The normalized spacial score (nSPS) is 17.2. The Morgan fingerprint density at radius 2 is 2.00 bits per heavy atom. The Morgan fingerprint density at radius 1 is 1.32 bits per heavy atom. The Balaban J connectivity index is 2.10. The van der Waals surface area contributed by atoms with Gasteiger partial charge in [-0.25, -0.2) is 4.98 Å². The highest BCUT2D eigenvalue weighted by Gasteiger charge is 2.22. The molecule has 0 saturated carbocycles. The molecule has 0 amide bonds. The van der Waals surface area contributed by atoms with Crippen molar-refractivity contribution in [3.05, 3.63) is 23.4 Å². The number of aryl methyl sites for hydroxylation is 1. The van der Waals surface area contributed by atoms with Gasteiger partial charge in [0.2, 0.25) is 0 Å². The van der Waals surface area contributed by atoms with Gasteiger partial charge < -0.3 is 4.90 Å². The lowest BCUT2D eigenvalue weighted by atomic mass is 9.87. The van der Waals surface area contributed by atoms with Crippen LogP contribution in [0.3, 0.4) is 0 Å². The highest BCUT2D eigenvalue weighted by molar-refractivity contribution is 6.17. The van der Waals surface area contributed by atoms with E-state index >= 15 is 0 Å². The SMILES string of the molecule is CCc1cc(CCl)cc(N2CCC(C(C)C)CC2)n1. The molecule has 0 radical (unpaired) electrons. The first-order valence-electron chi connectivity index (χ1n) is 7.44. The molecule has 1 aromatic heterocycles. The third kappa shape index (κ3) is 3.62. The largest absolute Gasteiger partial charge is 0.357 e. The number of piperidine rings is 1. The van der Waals surface area contributed by atoms with Crippen LogP contribution in [0.4, 0.5) is 5.82 Å². The first-order valence-corrected chi connectivity index (χ1v) is 7.98. The van der Waals surface area contributed by atoms with Gasteiger partial charge in [0.15, 0.2) is 0 Å². The number of hydrogen-bond donors (Lipinski definition) is 0. The lowest BCUT2D eigenvalue weighted by Gasteiger charge is -2.35. The molecule has 2 rings (SSSR count). The van der Waals surface area contributed by atoms with E-state index < -0.39 is 0 Å². The van der Waals surface area contributed by atoms with E-state index in [0.29, 0.717) is 5.88 Å². The zero-order chi connectivity index (χ0) is 13.8. The third-order valence-electron chi connectivity index (χ3n) is 4.25. The Bertz CT molecular complexity index is 387. The third-order valence-corrected chi connectivity index (χ3v) is 4.56. The number of hydrogen-bond acceptors (Lipinski definition) is 2. The quantitative estimate of drug-likeness (QED) is 0.766. The summed E-state index contributed by atoms with van der Waals surface area (Å²) in [5.74, 6) is 3.37. The minimum absolute atomic E-state index is 0.574. The van der Waals surface area contributed by atoms with Crippen molar-refractivity contribution in [2.75, 3.05) is 18.0 Å². The zero-order valence-electron chi connectivity index (χ0n) is 12.3. The Hall–Kier alpha value is -0.760. The van der Waals surface area contributed by atoms with E-state index in [1.807, 2.05) is 0 Å². The van der Waals surface area contributed by atoms with Crippen molar-refractivity contribution in [1.82, 2.24) is 4.98 Å². The van der Waals surface area contributed by atoms with Crippen molar-refractivity contribution in [2.24, 2.45) is 11.8 Å². The molecule has 0 spiro atoms. The fourth-order valence-corrected chi connectivity index (χ4v) is 3.00. The summed E-state index contributed by atoms with van der Waals surface area (Å²) in [4.78, 5) is 7.19. The lowest BCUT2D eigenvalue weighted by Crippen LogP contribution is -2.35. The average molecular weight is 281 g/mol. The Morgan fingerprint density at radius 3 is 2.53 bits per heavy atom. The maximum Gasteiger partial charge on any atom is 0.129 e. The van der Waals surface area contributed by atoms with E-state index in [9.17, 15) is 0 Å². The molecule has 1 aromatic rings. The summed E-state index contributed by atoms with van der Waals surface area (Å²) in [6.45, 7) is 9.08.